The number of halogens is 3. The van der Waals surface area contributed by atoms with Crippen LogP contribution in [0.1, 0.15) is 20.3 Å². The second-order valence-corrected chi connectivity index (χ2v) is 6.59. The summed E-state index contributed by atoms with van der Waals surface area (Å²) in [5.41, 5.74) is -0.223. The topological polar surface area (TPSA) is 49.4 Å². The van der Waals surface area contributed by atoms with Crippen molar-refractivity contribution >= 4 is 40.7 Å². The summed E-state index contributed by atoms with van der Waals surface area (Å²) in [5.74, 6) is -0.871. The molecule has 1 atom stereocenters. The molecule has 2 rings (SSSR count). The lowest BCUT2D eigenvalue weighted by molar-refractivity contribution is -0.131. The zero-order valence-corrected chi connectivity index (χ0v) is 13.8. The third-order valence-electron chi connectivity index (χ3n) is 3.67. The number of hydrogen-bond donors (Lipinski definition) is 1. The molecule has 4 nitrogen and oxygen atoms in total. The molecule has 0 aromatic heterocycles. The molecule has 1 aliphatic heterocycles. The average Bonchev–Trinajstić information content (AvgIpc) is 2.83. The number of nitrogens with zero attached hydrogens (tertiary/aromatic N) is 1. The lowest BCUT2D eigenvalue weighted by Gasteiger charge is -2.23. The van der Waals surface area contributed by atoms with Gasteiger partial charge in [-0.3, -0.25) is 9.59 Å². The second-order valence-electron chi connectivity index (χ2n) is 5.92. The Morgan fingerprint density at radius 3 is 2.77 bits per heavy atom. The van der Waals surface area contributed by atoms with Gasteiger partial charge in [-0.05, 0) is 38.5 Å². The van der Waals surface area contributed by atoms with Gasteiger partial charge in [-0.2, -0.15) is 0 Å². The Bertz CT molecular complexity index is 607. The standard InChI is InChI=1S/C15H17Cl2FN2O2/c1-15(2,8-16)14(22)19-12-5-6-20(13(12)21)9-3-4-11(18)10(17)7-9/h3-4,7,12H,5-6,8H2,1-2H3,(H,19,22). The van der Waals surface area contributed by atoms with Gasteiger partial charge < -0.3 is 10.2 Å². The summed E-state index contributed by atoms with van der Waals surface area (Å²) in [6.45, 7) is 3.87. The van der Waals surface area contributed by atoms with Gasteiger partial charge in [0, 0.05) is 18.1 Å². The maximum Gasteiger partial charge on any atom is 0.249 e. The molecule has 2 amide bonds. The number of hydrogen-bond acceptors (Lipinski definition) is 2. The van der Waals surface area contributed by atoms with E-state index in [4.69, 9.17) is 23.2 Å². The van der Waals surface area contributed by atoms with E-state index in [-0.39, 0.29) is 22.7 Å². The van der Waals surface area contributed by atoms with Crippen molar-refractivity contribution in [2.45, 2.75) is 26.3 Å². The minimum Gasteiger partial charge on any atom is -0.344 e. The number of anilines is 1. The normalized spacial score (nSPS) is 18.7. The Kier molecular flexibility index (Phi) is 4.97. The van der Waals surface area contributed by atoms with Crippen molar-refractivity contribution in [3.05, 3.63) is 29.0 Å². The van der Waals surface area contributed by atoms with Crippen LogP contribution in [-0.2, 0) is 9.59 Å². The quantitative estimate of drug-likeness (QED) is 0.852. The van der Waals surface area contributed by atoms with Crippen LogP contribution >= 0.6 is 23.2 Å². The van der Waals surface area contributed by atoms with Crippen LogP contribution in [0.3, 0.4) is 0 Å². The summed E-state index contributed by atoms with van der Waals surface area (Å²) in [6.07, 6.45) is 0.484. The third-order valence-corrected chi connectivity index (χ3v) is 4.63. The molecule has 1 N–H and O–H groups in total. The largest absolute Gasteiger partial charge is 0.344 e. The molecule has 0 saturated carbocycles. The van der Waals surface area contributed by atoms with Crippen molar-refractivity contribution in [3.8, 4) is 0 Å². The Morgan fingerprint density at radius 2 is 2.18 bits per heavy atom. The van der Waals surface area contributed by atoms with Gasteiger partial charge in [0.05, 0.1) is 10.4 Å². The van der Waals surface area contributed by atoms with Crippen LogP contribution in [0.2, 0.25) is 5.02 Å². The fourth-order valence-corrected chi connectivity index (χ4v) is 2.43. The van der Waals surface area contributed by atoms with E-state index in [9.17, 15) is 14.0 Å². The number of carbonyl (C=O) groups is 2. The molecule has 1 aliphatic rings. The highest BCUT2D eigenvalue weighted by Crippen LogP contribution is 2.27. The molecule has 1 saturated heterocycles. The summed E-state index contributed by atoms with van der Waals surface area (Å²) in [4.78, 5) is 26.0. The van der Waals surface area contributed by atoms with Crippen LogP contribution < -0.4 is 10.2 Å². The molecule has 0 aliphatic carbocycles. The minimum atomic E-state index is -0.742. The average molecular weight is 347 g/mol. The summed E-state index contributed by atoms with van der Waals surface area (Å²) in [7, 11) is 0. The number of alkyl halides is 1. The predicted molar refractivity (Wildman–Crippen MR) is 84.8 cm³/mol. The molecule has 0 radical (unpaired) electrons. The number of amides is 2. The molecule has 1 aromatic rings. The molecule has 0 bridgehead atoms. The number of nitrogens with one attached hydrogen (secondary N) is 1. The number of benzene rings is 1. The van der Waals surface area contributed by atoms with E-state index in [0.29, 0.717) is 18.7 Å². The van der Waals surface area contributed by atoms with Gasteiger partial charge in [-0.25, -0.2) is 4.39 Å². The van der Waals surface area contributed by atoms with Crippen LogP contribution in [-0.4, -0.2) is 30.3 Å². The first-order valence-corrected chi connectivity index (χ1v) is 7.81. The molecule has 22 heavy (non-hydrogen) atoms. The maximum absolute atomic E-state index is 13.2. The van der Waals surface area contributed by atoms with Crippen LogP contribution in [0.4, 0.5) is 10.1 Å². The molecule has 0 spiro atoms. The lowest BCUT2D eigenvalue weighted by atomic mass is 9.95. The van der Waals surface area contributed by atoms with Gasteiger partial charge >= 0.3 is 0 Å². The molecule has 7 heteroatoms. The van der Waals surface area contributed by atoms with Crippen molar-refractivity contribution in [1.29, 1.82) is 0 Å². The Labute approximate surface area is 138 Å². The first-order chi connectivity index (χ1) is 10.3. The molecular weight excluding hydrogens is 330 g/mol. The zero-order valence-electron chi connectivity index (χ0n) is 12.3. The molecule has 1 fully saturated rings. The van der Waals surface area contributed by atoms with Gasteiger partial charge in [0.2, 0.25) is 11.8 Å². The van der Waals surface area contributed by atoms with Crippen molar-refractivity contribution in [3.63, 3.8) is 0 Å². The summed E-state index contributed by atoms with van der Waals surface area (Å²) < 4.78 is 13.2. The zero-order chi connectivity index (χ0) is 16.5. The summed E-state index contributed by atoms with van der Waals surface area (Å²) in [6, 6.07) is 3.51. The number of carbonyl (C=O) groups excluding carboxylic acids is 2. The molecule has 1 unspecified atom stereocenters. The SMILES string of the molecule is CC(C)(CCl)C(=O)NC1CCN(c2ccc(F)c(Cl)c2)C1=O. The Morgan fingerprint density at radius 1 is 1.50 bits per heavy atom. The second kappa shape index (κ2) is 6.42. The van der Waals surface area contributed by atoms with E-state index in [1.54, 1.807) is 13.8 Å². The fourth-order valence-electron chi connectivity index (χ4n) is 2.14. The van der Waals surface area contributed by atoms with Gasteiger partial charge in [-0.1, -0.05) is 11.6 Å². The van der Waals surface area contributed by atoms with Crippen LogP contribution in [0.25, 0.3) is 0 Å². The van der Waals surface area contributed by atoms with E-state index in [2.05, 4.69) is 5.32 Å². The summed E-state index contributed by atoms with van der Waals surface area (Å²) in [5, 5.41) is 2.68. The lowest BCUT2D eigenvalue weighted by Crippen LogP contribution is -2.47. The van der Waals surface area contributed by atoms with Gasteiger partial charge in [-0.15, -0.1) is 11.6 Å². The van der Waals surface area contributed by atoms with Crippen molar-refractivity contribution < 1.29 is 14.0 Å². The van der Waals surface area contributed by atoms with Gasteiger partial charge in [0.15, 0.2) is 0 Å². The van der Waals surface area contributed by atoms with E-state index < -0.39 is 17.3 Å². The van der Waals surface area contributed by atoms with Crippen molar-refractivity contribution in [1.82, 2.24) is 5.32 Å². The molecular formula is C15H17Cl2FN2O2. The molecule has 1 heterocycles. The Balaban J connectivity index is 2.10. The first-order valence-electron chi connectivity index (χ1n) is 6.89. The van der Waals surface area contributed by atoms with E-state index in [0.717, 1.165) is 0 Å². The number of rotatable bonds is 4. The van der Waals surface area contributed by atoms with Crippen LogP contribution in [0.15, 0.2) is 18.2 Å². The van der Waals surface area contributed by atoms with Gasteiger partial charge in [0.1, 0.15) is 11.9 Å². The Hall–Kier alpha value is -1.33. The highest BCUT2D eigenvalue weighted by molar-refractivity contribution is 6.31. The van der Waals surface area contributed by atoms with Crippen LogP contribution in [0.5, 0.6) is 0 Å². The molecule has 120 valence electrons. The highest BCUT2D eigenvalue weighted by Gasteiger charge is 2.37. The fraction of sp³-hybridized carbons (Fsp3) is 0.467. The van der Waals surface area contributed by atoms with Crippen molar-refractivity contribution in [2.75, 3.05) is 17.3 Å². The predicted octanol–water partition coefficient (Wildman–Crippen LogP) is 2.97. The van der Waals surface area contributed by atoms with Crippen LogP contribution in [0, 0.1) is 11.2 Å². The van der Waals surface area contributed by atoms with E-state index in [1.165, 1.54) is 23.1 Å². The minimum absolute atomic E-state index is 0.0407. The van der Waals surface area contributed by atoms with Gasteiger partial charge in [0.25, 0.3) is 0 Å². The highest BCUT2D eigenvalue weighted by atomic mass is 35.5. The molecule has 1 aromatic carbocycles. The first kappa shape index (κ1) is 17.0. The van der Waals surface area contributed by atoms with E-state index in [1.807, 2.05) is 0 Å². The summed E-state index contributed by atoms with van der Waals surface area (Å²) >= 11 is 11.5. The van der Waals surface area contributed by atoms with Crippen molar-refractivity contribution in [2.24, 2.45) is 5.41 Å². The van der Waals surface area contributed by atoms with E-state index >= 15 is 0 Å². The maximum atomic E-state index is 13.2. The third kappa shape index (κ3) is 3.36. The monoisotopic (exact) mass is 346 g/mol. The smallest absolute Gasteiger partial charge is 0.249 e.